The van der Waals surface area contributed by atoms with Crippen LogP contribution in [0, 0.1) is 11.8 Å². The molecule has 7 atom stereocenters. The summed E-state index contributed by atoms with van der Waals surface area (Å²) in [6, 6.07) is 9.61. The van der Waals surface area contributed by atoms with Gasteiger partial charge < -0.3 is 40.2 Å². The molecular formula is C36H46N2O6. The molecule has 2 fully saturated rings. The highest BCUT2D eigenvalue weighted by molar-refractivity contribution is 5.59. The molecular weight excluding hydrogens is 556 g/mol. The number of methoxy groups -OCH3 is 1. The molecule has 1 saturated carbocycles. The predicted octanol–water partition coefficient (Wildman–Crippen LogP) is 6.17. The second-order valence-electron chi connectivity index (χ2n) is 13.0. The first kappa shape index (κ1) is 30.6. The molecule has 0 amide bonds. The molecule has 0 bridgehead atoms. The lowest BCUT2D eigenvalue weighted by Gasteiger charge is -2.45. The maximum Gasteiger partial charge on any atom is 0.200 e. The second kappa shape index (κ2) is 13.3. The number of aromatic amines is 1. The normalized spacial score (nSPS) is 28.5. The van der Waals surface area contributed by atoms with Crippen molar-refractivity contribution >= 4 is 0 Å². The summed E-state index contributed by atoms with van der Waals surface area (Å²) in [5.74, 6) is 1.11. The van der Waals surface area contributed by atoms with Gasteiger partial charge in [-0.2, -0.15) is 0 Å². The molecule has 8 nitrogen and oxygen atoms in total. The van der Waals surface area contributed by atoms with E-state index in [0.29, 0.717) is 24.5 Å². The third-order valence-electron chi connectivity index (χ3n) is 10.2. The molecule has 0 unspecified atom stereocenters. The standard InChI is InChI=1S/C36H46N2O6/c1-37-12-10-21-4-3-5-25(14-21)27-16-23(7-9-30(27)39)24-6-8-26-31(40)19-34(44-33(26)17-24)28-18-32(41)35(42)36(43-2)29(28)15-22-11-13-38-20-22/h3,5,7,9,11,13,16,18,20-21,24-26,31,33-34,37-42H,4,6,8,10,12,14-15,17,19H2,1-2H3/t21-,24+,25-,26-,31-,33-,34-/m0/s1. The minimum absolute atomic E-state index is 0.0361. The summed E-state index contributed by atoms with van der Waals surface area (Å²) >= 11 is 0. The van der Waals surface area contributed by atoms with Crippen LogP contribution in [0.5, 0.6) is 23.0 Å². The summed E-state index contributed by atoms with van der Waals surface area (Å²) in [5.41, 5.74) is 4.67. The molecule has 0 radical (unpaired) electrons. The first-order valence-corrected chi connectivity index (χ1v) is 16.1. The van der Waals surface area contributed by atoms with Crippen molar-refractivity contribution in [3.05, 3.63) is 82.7 Å². The number of hydrogen-bond acceptors (Lipinski definition) is 7. The summed E-state index contributed by atoms with van der Waals surface area (Å²) in [5, 5.41) is 46.7. The Kier molecular flexibility index (Phi) is 9.21. The van der Waals surface area contributed by atoms with Crippen LogP contribution in [-0.2, 0) is 11.2 Å². The van der Waals surface area contributed by atoms with Gasteiger partial charge in [0.25, 0.3) is 0 Å². The van der Waals surface area contributed by atoms with E-state index in [0.717, 1.165) is 67.3 Å². The largest absolute Gasteiger partial charge is 0.508 e. The second-order valence-corrected chi connectivity index (χ2v) is 13.0. The number of rotatable bonds is 9. The molecule has 0 spiro atoms. The topological polar surface area (TPSA) is 127 Å². The van der Waals surface area contributed by atoms with Gasteiger partial charge in [-0.3, -0.25) is 0 Å². The quantitative estimate of drug-likeness (QED) is 0.128. The van der Waals surface area contributed by atoms with Gasteiger partial charge in [-0.05, 0) is 98.8 Å². The van der Waals surface area contributed by atoms with Gasteiger partial charge in [-0.1, -0.05) is 24.3 Å². The number of aliphatic hydroxyl groups is 1. The van der Waals surface area contributed by atoms with Crippen LogP contribution in [0.15, 0.2) is 54.9 Å². The van der Waals surface area contributed by atoms with Crippen LogP contribution in [0.4, 0.5) is 0 Å². The van der Waals surface area contributed by atoms with Crippen molar-refractivity contribution in [1.29, 1.82) is 0 Å². The molecule has 3 aliphatic rings. The summed E-state index contributed by atoms with van der Waals surface area (Å²) in [6.45, 7) is 0.999. The average Bonchev–Trinajstić information content (AvgIpc) is 3.55. The lowest BCUT2D eigenvalue weighted by molar-refractivity contribution is -0.154. The summed E-state index contributed by atoms with van der Waals surface area (Å²) < 4.78 is 12.4. The summed E-state index contributed by atoms with van der Waals surface area (Å²) in [7, 11) is 3.47. The van der Waals surface area contributed by atoms with Gasteiger partial charge in [0.05, 0.1) is 25.4 Å². The molecule has 2 aromatic carbocycles. The first-order valence-electron chi connectivity index (χ1n) is 16.1. The van der Waals surface area contributed by atoms with Gasteiger partial charge >= 0.3 is 0 Å². The third-order valence-corrected chi connectivity index (χ3v) is 10.2. The lowest BCUT2D eigenvalue weighted by Crippen LogP contribution is -2.44. The van der Waals surface area contributed by atoms with Crippen molar-refractivity contribution in [3.8, 4) is 23.0 Å². The highest BCUT2D eigenvalue weighted by Gasteiger charge is 2.43. The molecule has 2 aliphatic carbocycles. The lowest BCUT2D eigenvalue weighted by atomic mass is 9.71. The molecule has 3 aromatic rings. The number of H-pyrrole nitrogens is 1. The summed E-state index contributed by atoms with van der Waals surface area (Å²) in [6.07, 6.45) is 13.8. The zero-order valence-corrected chi connectivity index (χ0v) is 25.7. The fourth-order valence-corrected chi connectivity index (χ4v) is 7.88. The fraction of sp³-hybridized carbons (Fsp3) is 0.500. The van der Waals surface area contributed by atoms with Crippen LogP contribution in [0.2, 0.25) is 0 Å². The number of hydrogen-bond donors (Lipinski definition) is 6. The van der Waals surface area contributed by atoms with Crippen LogP contribution in [-0.4, -0.2) is 58.3 Å². The molecule has 2 heterocycles. The third kappa shape index (κ3) is 6.21. The number of fused-ring (bicyclic) bond motifs is 1. The van der Waals surface area contributed by atoms with Crippen LogP contribution < -0.4 is 10.1 Å². The van der Waals surface area contributed by atoms with Gasteiger partial charge in [-0.15, -0.1) is 0 Å². The Morgan fingerprint density at radius 3 is 2.66 bits per heavy atom. The Morgan fingerprint density at radius 1 is 1.02 bits per heavy atom. The van der Waals surface area contributed by atoms with E-state index in [1.165, 1.54) is 12.7 Å². The zero-order chi connectivity index (χ0) is 30.8. The van der Waals surface area contributed by atoms with Crippen molar-refractivity contribution in [3.63, 3.8) is 0 Å². The molecule has 6 rings (SSSR count). The van der Waals surface area contributed by atoms with Gasteiger partial charge in [0.2, 0.25) is 5.75 Å². The van der Waals surface area contributed by atoms with Crippen molar-refractivity contribution in [2.75, 3.05) is 20.7 Å². The smallest absolute Gasteiger partial charge is 0.200 e. The number of phenols is 3. The first-order chi connectivity index (χ1) is 21.4. The average molecular weight is 603 g/mol. The van der Waals surface area contributed by atoms with Gasteiger partial charge in [0.15, 0.2) is 11.5 Å². The Morgan fingerprint density at radius 2 is 1.89 bits per heavy atom. The van der Waals surface area contributed by atoms with Crippen molar-refractivity contribution < 1.29 is 29.9 Å². The number of aromatic hydroxyl groups is 3. The van der Waals surface area contributed by atoms with E-state index in [1.54, 1.807) is 6.07 Å². The Hall–Kier alpha value is -3.46. The van der Waals surface area contributed by atoms with E-state index in [2.05, 4.69) is 28.5 Å². The van der Waals surface area contributed by atoms with E-state index in [-0.39, 0.29) is 41.1 Å². The number of benzene rings is 2. The van der Waals surface area contributed by atoms with Crippen LogP contribution >= 0.6 is 0 Å². The van der Waals surface area contributed by atoms with Crippen molar-refractivity contribution in [1.82, 2.24) is 10.3 Å². The monoisotopic (exact) mass is 602 g/mol. The zero-order valence-electron chi connectivity index (χ0n) is 25.7. The number of phenolic OH excluding ortho intramolecular Hbond substituents is 3. The van der Waals surface area contributed by atoms with E-state index in [1.807, 2.05) is 37.6 Å². The minimum atomic E-state index is -0.543. The van der Waals surface area contributed by atoms with E-state index >= 15 is 0 Å². The van der Waals surface area contributed by atoms with Gasteiger partial charge in [0.1, 0.15) is 5.75 Å². The van der Waals surface area contributed by atoms with Crippen LogP contribution in [0.3, 0.4) is 0 Å². The Balaban J connectivity index is 1.24. The van der Waals surface area contributed by atoms with Gasteiger partial charge in [-0.25, -0.2) is 0 Å². The highest BCUT2D eigenvalue weighted by atomic mass is 16.5. The number of nitrogens with one attached hydrogen (secondary N) is 2. The SMILES string of the molecule is CNCC[C@@H]1CC=C[C@H](c2cc([C@@H]3CC[C@@H]4[C@H](C3)O[C@H](c3cc(O)c(O)c(OC)c3Cc3cc[nH]c3)C[C@@H]4O)ccc2O)C1. The maximum atomic E-state index is 11.4. The summed E-state index contributed by atoms with van der Waals surface area (Å²) in [4.78, 5) is 3.07. The van der Waals surface area contributed by atoms with E-state index in [4.69, 9.17) is 9.47 Å². The Bertz CT molecular complexity index is 1450. The Labute approximate surface area is 259 Å². The minimum Gasteiger partial charge on any atom is -0.508 e. The molecule has 1 aliphatic heterocycles. The molecule has 6 N–H and O–H groups in total. The molecule has 1 saturated heterocycles. The number of allylic oxidation sites excluding steroid dienone is 2. The van der Waals surface area contributed by atoms with E-state index < -0.39 is 12.2 Å². The van der Waals surface area contributed by atoms with Crippen molar-refractivity contribution in [2.24, 2.45) is 11.8 Å². The van der Waals surface area contributed by atoms with Crippen LogP contribution in [0.25, 0.3) is 0 Å². The fourth-order valence-electron chi connectivity index (χ4n) is 7.88. The maximum absolute atomic E-state index is 11.4. The predicted molar refractivity (Wildman–Crippen MR) is 169 cm³/mol. The number of aliphatic hydroxyl groups excluding tert-OH is 1. The molecule has 236 valence electrons. The molecule has 1 aromatic heterocycles. The van der Waals surface area contributed by atoms with Crippen LogP contribution in [0.1, 0.15) is 90.7 Å². The van der Waals surface area contributed by atoms with Gasteiger partial charge in [0, 0.05) is 48.2 Å². The highest BCUT2D eigenvalue weighted by Crippen LogP contribution is 2.50. The van der Waals surface area contributed by atoms with E-state index in [9.17, 15) is 20.4 Å². The molecule has 8 heteroatoms. The molecule has 44 heavy (non-hydrogen) atoms. The number of ether oxygens (including phenoxy) is 2. The number of aromatic nitrogens is 1. The van der Waals surface area contributed by atoms with Crippen molar-refractivity contribution in [2.45, 2.75) is 81.5 Å².